The Bertz CT molecular complexity index is 1010. The number of benzene rings is 2. The van der Waals surface area contributed by atoms with E-state index in [0.29, 0.717) is 5.56 Å². The van der Waals surface area contributed by atoms with E-state index in [-0.39, 0.29) is 36.3 Å². The van der Waals surface area contributed by atoms with Gasteiger partial charge < -0.3 is 14.9 Å². The van der Waals surface area contributed by atoms with E-state index in [9.17, 15) is 20.0 Å². The summed E-state index contributed by atoms with van der Waals surface area (Å²) in [5, 5.41) is 19.5. The van der Waals surface area contributed by atoms with E-state index in [4.69, 9.17) is 0 Å². The second-order valence-corrected chi connectivity index (χ2v) is 8.27. The van der Waals surface area contributed by atoms with E-state index in [1.807, 2.05) is 42.5 Å². The zero-order valence-electron chi connectivity index (χ0n) is 17.2. The van der Waals surface area contributed by atoms with Crippen LogP contribution in [0.4, 0.5) is 0 Å². The van der Waals surface area contributed by atoms with Gasteiger partial charge in [0.05, 0.1) is 18.7 Å². The summed E-state index contributed by atoms with van der Waals surface area (Å²) in [7, 11) is 3.45. The number of nitriles is 1. The van der Waals surface area contributed by atoms with Gasteiger partial charge in [-0.3, -0.25) is 9.59 Å². The number of hydrogen-bond acceptors (Lipinski definition) is 4. The summed E-state index contributed by atoms with van der Waals surface area (Å²) in [6.07, 6.45) is 1.75. The SMILES string of the molecule is CN(C)C(=O)c1cccc(-c2ccc([C@H]3[C@@H](CO)N(C(=O)C4CC4)[C@H]3C#N)cc2)c1. The fraction of sp³-hybridized carbons (Fsp3) is 0.375. The smallest absolute Gasteiger partial charge is 0.253 e. The maximum atomic E-state index is 12.5. The molecule has 1 aliphatic heterocycles. The zero-order chi connectivity index (χ0) is 21.4. The summed E-state index contributed by atoms with van der Waals surface area (Å²) in [5.41, 5.74) is 3.46. The molecular formula is C24H25N3O3. The highest BCUT2D eigenvalue weighted by Crippen LogP contribution is 2.44. The molecule has 2 fully saturated rings. The number of aliphatic hydroxyl groups is 1. The Morgan fingerprint density at radius 1 is 1.13 bits per heavy atom. The molecule has 2 aliphatic rings. The van der Waals surface area contributed by atoms with Crippen molar-refractivity contribution in [3.63, 3.8) is 0 Å². The summed E-state index contributed by atoms with van der Waals surface area (Å²) in [5.74, 6) is -0.226. The normalized spacial score (nSPS) is 22.7. The monoisotopic (exact) mass is 403 g/mol. The van der Waals surface area contributed by atoms with Gasteiger partial charge in [0.25, 0.3) is 5.91 Å². The Balaban J connectivity index is 1.56. The van der Waals surface area contributed by atoms with Gasteiger partial charge in [0, 0.05) is 31.5 Å². The Morgan fingerprint density at radius 3 is 2.40 bits per heavy atom. The lowest BCUT2D eigenvalue weighted by Gasteiger charge is -2.51. The van der Waals surface area contributed by atoms with Gasteiger partial charge in [-0.2, -0.15) is 5.26 Å². The van der Waals surface area contributed by atoms with Gasteiger partial charge in [0.2, 0.25) is 5.91 Å². The van der Waals surface area contributed by atoms with Crippen LogP contribution in [0.2, 0.25) is 0 Å². The van der Waals surface area contributed by atoms with E-state index < -0.39 is 6.04 Å². The summed E-state index contributed by atoms with van der Waals surface area (Å²) in [6, 6.07) is 16.7. The third-order valence-corrected chi connectivity index (χ3v) is 6.06. The maximum absolute atomic E-state index is 12.5. The number of amides is 2. The Morgan fingerprint density at radius 2 is 1.83 bits per heavy atom. The minimum atomic E-state index is -0.540. The lowest BCUT2D eigenvalue weighted by Crippen LogP contribution is -2.65. The minimum absolute atomic E-state index is 0.00385. The zero-order valence-corrected chi connectivity index (χ0v) is 17.2. The first kappa shape index (κ1) is 20.1. The van der Waals surface area contributed by atoms with Crippen LogP contribution in [-0.2, 0) is 4.79 Å². The van der Waals surface area contributed by atoms with E-state index in [2.05, 4.69) is 6.07 Å². The van der Waals surface area contributed by atoms with Crippen molar-refractivity contribution in [2.45, 2.75) is 30.8 Å². The van der Waals surface area contributed by atoms with Crippen molar-refractivity contribution in [3.8, 4) is 17.2 Å². The largest absolute Gasteiger partial charge is 0.394 e. The molecule has 1 saturated carbocycles. The Labute approximate surface area is 176 Å². The van der Waals surface area contributed by atoms with Crippen LogP contribution in [0, 0.1) is 17.2 Å². The molecule has 30 heavy (non-hydrogen) atoms. The molecule has 6 nitrogen and oxygen atoms in total. The van der Waals surface area contributed by atoms with Crippen LogP contribution in [0.25, 0.3) is 11.1 Å². The number of aliphatic hydroxyl groups excluding tert-OH is 1. The molecule has 2 amide bonds. The third-order valence-electron chi connectivity index (χ3n) is 6.06. The van der Waals surface area contributed by atoms with Gasteiger partial charge in [0.1, 0.15) is 6.04 Å². The molecule has 0 spiro atoms. The van der Waals surface area contributed by atoms with Crippen LogP contribution in [-0.4, -0.2) is 59.5 Å². The molecule has 1 aliphatic carbocycles. The predicted octanol–water partition coefficient (Wildman–Crippen LogP) is 2.64. The van der Waals surface area contributed by atoms with Gasteiger partial charge >= 0.3 is 0 Å². The number of likely N-dealkylation sites (tertiary alicyclic amines) is 1. The van der Waals surface area contributed by atoms with Crippen molar-refractivity contribution in [3.05, 3.63) is 59.7 Å². The second kappa shape index (κ2) is 7.92. The van der Waals surface area contributed by atoms with Crippen LogP contribution in [0.1, 0.15) is 34.7 Å². The minimum Gasteiger partial charge on any atom is -0.394 e. The molecule has 4 rings (SSSR count). The summed E-state index contributed by atoms with van der Waals surface area (Å²) in [4.78, 5) is 27.9. The van der Waals surface area contributed by atoms with Crippen molar-refractivity contribution in [1.82, 2.24) is 9.80 Å². The molecule has 1 N–H and O–H groups in total. The number of rotatable bonds is 5. The molecule has 1 heterocycles. The van der Waals surface area contributed by atoms with Gasteiger partial charge in [-0.15, -0.1) is 0 Å². The average molecular weight is 403 g/mol. The van der Waals surface area contributed by atoms with E-state index in [1.165, 1.54) is 0 Å². The number of hydrogen-bond donors (Lipinski definition) is 1. The number of carbonyl (C=O) groups excluding carboxylic acids is 2. The van der Waals surface area contributed by atoms with E-state index in [0.717, 1.165) is 29.5 Å². The van der Waals surface area contributed by atoms with Crippen LogP contribution in [0.15, 0.2) is 48.5 Å². The predicted molar refractivity (Wildman–Crippen MR) is 112 cm³/mol. The highest BCUT2D eigenvalue weighted by molar-refractivity contribution is 5.95. The van der Waals surface area contributed by atoms with Crippen molar-refractivity contribution in [2.75, 3.05) is 20.7 Å². The van der Waals surface area contributed by atoms with E-state index >= 15 is 0 Å². The lowest BCUT2D eigenvalue weighted by molar-refractivity contribution is -0.148. The van der Waals surface area contributed by atoms with Gasteiger partial charge in [-0.25, -0.2) is 0 Å². The summed E-state index contributed by atoms with van der Waals surface area (Å²) < 4.78 is 0. The molecule has 1 saturated heterocycles. The summed E-state index contributed by atoms with van der Waals surface area (Å²) >= 11 is 0. The third kappa shape index (κ3) is 3.46. The molecule has 154 valence electrons. The molecule has 0 radical (unpaired) electrons. The molecule has 3 atom stereocenters. The Hall–Kier alpha value is -3.17. The van der Waals surface area contributed by atoms with Gasteiger partial charge in [0.15, 0.2) is 0 Å². The number of carbonyl (C=O) groups is 2. The second-order valence-electron chi connectivity index (χ2n) is 8.27. The number of nitrogens with zero attached hydrogens (tertiary/aromatic N) is 3. The Kier molecular flexibility index (Phi) is 5.31. The van der Waals surface area contributed by atoms with Crippen LogP contribution in [0.5, 0.6) is 0 Å². The summed E-state index contributed by atoms with van der Waals surface area (Å²) in [6.45, 7) is -0.155. The van der Waals surface area contributed by atoms with Crippen molar-refractivity contribution >= 4 is 11.8 Å². The van der Waals surface area contributed by atoms with E-state index in [1.54, 1.807) is 30.0 Å². The quantitative estimate of drug-likeness (QED) is 0.832. The van der Waals surface area contributed by atoms with Gasteiger partial charge in [-0.1, -0.05) is 36.4 Å². The fourth-order valence-corrected chi connectivity index (χ4v) is 4.24. The van der Waals surface area contributed by atoms with Gasteiger partial charge in [-0.05, 0) is 41.7 Å². The lowest BCUT2D eigenvalue weighted by atomic mass is 9.75. The molecular weight excluding hydrogens is 378 g/mol. The molecule has 2 aromatic carbocycles. The molecule has 6 heteroatoms. The first-order chi connectivity index (χ1) is 14.5. The first-order valence-electron chi connectivity index (χ1n) is 10.2. The average Bonchev–Trinajstić information content (AvgIpc) is 3.59. The van der Waals surface area contributed by atoms with Crippen LogP contribution in [0.3, 0.4) is 0 Å². The van der Waals surface area contributed by atoms with Crippen LogP contribution >= 0.6 is 0 Å². The topological polar surface area (TPSA) is 84.6 Å². The van der Waals surface area contributed by atoms with Crippen molar-refractivity contribution in [1.29, 1.82) is 5.26 Å². The first-order valence-corrected chi connectivity index (χ1v) is 10.2. The van der Waals surface area contributed by atoms with Crippen molar-refractivity contribution < 1.29 is 14.7 Å². The standard InChI is InChI=1S/C24H25N3O3/c1-26(2)23(29)19-5-3-4-18(12-19)15-6-8-16(9-7-15)22-20(13-25)27(21(22)14-28)24(30)17-10-11-17/h3-9,12,17,20-22,28H,10-11,14H2,1-2H3/t20-,21+,22+/m0/s1. The maximum Gasteiger partial charge on any atom is 0.253 e. The molecule has 0 bridgehead atoms. The fourth-order valence-electron chi connectivity index (χ4n) is 4.24. The van der Waals surface area contributed by atoms with Crippen LogP contribution < -0.4 is 0 Å². The van der Waals surface area contributed by atoms with Crippen molar-refractivity contribution in [2.24, 2.45) is 5.92 Å². The molecule has 0 aromatic heterocycles. The molecule has 0 unspecified atom stereocenters. The highest BCUT2D eigenvalue weighted by atomic mass is 16.3. The highest BCUT2D eigenvalue weighted by Gasteiger charge is 2.53. The molecule has 2 aromatic rings.